The molecule has 1 aromatic heterocycles. The van der Waals surface area contributed by atoms with Crippen LogP contribution in [0.25, 0.3) is 0 Å². The molecule has 12 heteroatoms. The van der Waals surface area contributed by atoms with Crippen LogP contribution < -0.4 is 4.74 Å². The predicted octanol–water partition coefficient (Wildman–Crippen LogP) is 1.89. The lowest BCUT2D eigenvalue weighted by Gasteiger charge is -2.31. The van der Waals surface area contributed by atoms with E-state index in [1.54, 1.807) is 6.07 Å². The summed E-state index contributed by atoms with van der Waals surface area (Å²) in [7, 11) is -0.771. The minimum Gasteiger partial charge on any atom is -0.493 e. The summed E-state index contributed by atoms with van der Waals surface area (Å²) >= 11 is 0. The van der Waals surface area contributed by atoms with E-state index in [4.69, 9.17) is 4.74 Å². The van der Waals surface area contributed by atoms with Crippen molar-refractivity contribution in [3.63, 3.8) is 0 Å². The van der Waals surface area contributed by atoms with E-state index in [2.05, 4.69) is 4.98 Å². The molecule has 1 amide bonds. The number of carbonyl (C=O) groups excluding carboxylic acids is 1. The summed E-state index contributed by atoms with van der Waals surface area (Å²) in [5.74, 6) is -1.27. The number of benzene rings is 1. The third-order valence-corrected chi connectivity index (χ3v) is 5.74. The maximum Gasteiger partial charge on any atom is 0.425 e. The van der Waals surface area contributed by atoms with Gasteiger partial charge < -0.3 is 19.3 Å². The lowest BCUT2D eigenvalue weighted by molar-refractivity contribution is -0.271. The number of carbonyl (C=O) groups is 1. The van der Waals surface area contributed by atoms with Crippen LogP contribution in [0, 0.1) is 0 Å². The summed E-state index contributed by atoms with van der Waals surface area (Å²) in [6.45, 7) is 0.173. The van der Waals surface area contributed by atoms with E-state index in [1.807, 2.05) is 0 Å². The average molecular weight is 463 g/mol. The molecule has 0 aliphatic heterocycles. The number of hydrogen-bond donors (Lipinski definition) is 1. The first-order chi connectivity index (χ1) is 14.3. The van der Waals surface area contributed by atoms with Gasteiger partial charge >= 0.3 is 6.18 Å². The van der Waals surface area contributed by atoms with Crippen molar-refractivity contribution in [2.75, 3.05) is 26.5 Å². The van der Waals surface area contributed by atoms with Gasteiger partial charge in [-0.1, -0.05) is 6.07 Å². The Bertz CT molecular complexity index is 1020. The lowest BCUT2D eigenvalue weighted by Crippen LogP contribution is -2.48. The van der Waals surface area contributed by atoms with Crippen molar-refractivity contribution in [1.29, 1.82) is 0 Å². The van der Waals surface area contributed by atoms with Crippen LogP contribution in [0.2, 0.25) is 0 Å². The molecule has 0 fully saturated rings. The van der Waals surface area contributed by atoms with Crippen LogP contribution >= 0.6 is 0 Å². The second-order valence-electron chi connectivity index (χ2n) is 7.16. The Hall–Kier alpha value is -2.60. The third-order valence-electron chi connectivity index (χ3n) is 4.63. The van der Waals surface area contributed by atoms with Crippen molar-refractivity contribution < 1.29 is 36.2 Å². The monoisotopic (exact) mass is 463 g/mol. The fourth-order valence-corrected chi connectivity index (χ4v) is 3.49. The van der Waals surface area contributed by atoms with Gasteiger partial charge in [0.2, 0.25) is 11.5 Å². The van der Waals surface area contributed by atoms with Crippen LogP contribution in [0.5, 0.6) is 5.75 Å². The molecule has 1 atom stereocenters. The molecule has 0 saturated carbocycles. The number of aryl methyl sites for hydroxylation is 1. The maximum absolute atomic E-state index is 13.5. The number of nitrogens with zero attached hydrogens (tertiary/aromatic N) is 3. The minimum absolute atomic E-state index is 0.0686. The summed E-state index contributed by atoms with van der Waals surface area (Å²) in [6, 6.07) is 5.88. The number of aromatic nitrogens is 2. The predicted molar refractivity (Wildman–Crippen MR) is 105 cm³/mol. The minimum atomic E-state index is -5.10. The Balaban J connectivity index is 1.94. The van der Waals surface area contributed by atoms with Crippen molar-refractivity contribution in [1.82, 2.24) is 14.5 Å². The van der Waals surface area contributed by atoms with Crippen LogP contribution in [-0.2, 0) is 27.3 Å². The zero-order valence-electron chi connectivity index (χ0n) is 17.3. The molecule has 1 N–H and O–H groups in total. The fourth-order valence-electron chi connectivity index (χ4n) is 2.84. The molecule has 0 spiro atoms. The average Bonchev–Trinajstić information content (AvgIpc) is 3.10. The fraction of sp³-hybridized carbons (Fsp3) is 0.474. The van der Waals surface area contributed by atoms with E-state index in [-0.39, 0.29) is 24.5 Å². The van der Waals surface area contributed by atoms with Crippen molar-refractivity contribution in [2.24, 2.45) is 7.05 Å². The SMILES string of the molecule is CN(CCCOc1cccc(S(C)(=O)=O)c1)C(=O)CC(O)(c1nccn1C)C(F)(F)F. The first-order valence-corrected chi connectivity index (χ1v) is 11.1. The first-order valence-electron chi connectivity index (χ1n) is 9.19. The highest BCUT2D eigenvalue weighted by Gasteiger charge is 2.58. The Morgan fingerprint density at radius 2 is 2.00 bits per heavy atom. The number of hydrogen-bond acceptors (Lipinski definition) is 6. The van der Waals surface area contributed by atoms with Gasteiger partial charge in [0.1, 0.15) is 5.75 Å². The van der Waals surface area contributed by atoms with Crippen LogP contribution in [0.15, 0.2) is 41.6 Å². The zero-order chi connectivity index (χ0) is 23.4. The van der Waals surface area contributed by atoms with Crippen molar-refractivity contribution >= 4 is 15.7 Å². The van der Waals surface area contributed by atoms with Crippen molar-refractivity contribution in [3.8, 4) is 5.75 Å². The molecular weight excluding hydrogens is 439 g/mol. The van der Waals surface area contributed by atoms with E-state index in [9.17, 15) is 31.5 Å². The second kappa shape index (κ2) is 9.27. The number of rotatable bonds is 9. The third kappa shape index (κ3) is 5.97. The molecule has 2 rings (SSSR count). The number of aliphatic hydroxyl groups is 1. The number of ether oxygens (including phenoxy) is 1. The van der Waals surface area contributed by atoms with Crippen LogP contribution in [0.3, 0.4) is 0 Å². The highest BCUT2D eigenvalue weighted by atomic mass is 32.2. The molecule has 0 bridgehead atoms. The van der Waals surface area contributed by atoms with Crippen LogP contribution in [0.4, 0.5) is 13.2 Å². The molecule has 31 heavy (non-hydrogen) atoms. The molecule has 172 valence electrons. The Kier molecular flexibility index (Phi) is 7.37. The van der Waals surface area contributed by atoms with Gasteiger partial charge in [-0.2, -0.15) is 13.2 Å². The molecule has 1 heterocycles. The smallest absolute Gasteiger partial charge is 0.425 e. The van der Waals surface area contributed by atoms with Crippen LogP contribution in [-0.4, -0.2) is 66.5 Å². The Morgan fingerprint density at radius 3 is 2.55 bits per heavy atom. The molecule has 1 aromatic carbocycles. The molecule has 2 aromatic rings. The second-order valence-corrected chi connectivity index (χ2v) is 9.18. The number of imidazole rings is 1. The number of amides is 1. The largest absolute Gasteiger partial charge is 0.493 e. The number of sulfone groups is 1. The zero-order valence-corrected chi connectivity index (χ0v) is 18.1. The Labute approximate surface area is 178 Å². The van der Waals surface area contributed by atoms with Crippen molar-refractivity contribution in [3.05, 3.63) is 42.5 Å². The van der Waals surface area contributed by atoms with E-state index >= 15 is 0 Å². The molecule has 0 aliphatic carbocycles. The van der Waals surface area contributed by atoms with Crippen molar-refractivity contribution in [2.45, 2.75) is 29.5 Å². The summed E-state index contributed by atoms with van der Waals surface area (Å²) in [5, 5.41) is 10.3. The summed E-state index contributed by atoms with van der Waals surface area (Å²) in [5.41, 5.74) is -3.42. The summed E-state index contributed by atoms with van der Waals surface area (Å²) in [6.07, 6.45) is -2.61. The van der Waals surface area contributed by atoms with Gasteiger partial charge in [0.05, 0.1) is 17.9 Å². The van der Waals surface area contributed by atoms with Gasteiger partial charge in [-0.3, -0.25) is 4.79 Å². The highest BCUT2D eigenvalue weighted by Crippen LogP contribution is 2.41. The number of alkyl halides is 3. The van der Waals surface area contributed by atoms with Gasteiger partial charge in [0, 0.05) is 39.3 Å². The molecule has 1 unspecified atom stereocenters. The van der Waals surface area contributed by atoms with E-state index in [0.717, 1.165) is 21.9 Å². The van der Waals surface area contributed by atoms with E-state index in [1.165, 1.54) is 38.5 Å². The van der Waals surface area contributed by atoms with Gasteiger partial charge in [-0.05, 0) is 24.6 Å². The van der Waals surface area contributed by atoms with Gasteiger partial charge in [-0.15, -0.1) is 0 Å². The van der Waals surface area contributed by atoms with Gasteiger partial charge in [0.15, 0.2) is 15.7 Å². The summed E-state index contributed by atoms with van der Waals surface area (Å²) in [4.78, 5) is 17.1. The standard InChI is InChI=1S/C19H24F3N3O5S/c1-24(9-5-11-30-14-6-4-7-15(12-14)31(3,28)29)16(26)13-18(27,19(20,21)22)17-23-8-10-25(17)2/h4,6-8,10,12,27H,5,9,11,13H2,1-3H3. The molecule has 0 saturated heterocycles. The highest BCUT2D eigenvalue weighted by molar-refractivity contribution is 7.90. The lowest BCUT2D eigenvalue weighted by atomic mass is 9.96. The van der Waals surface area contributed by atoms with E-state index in [0.29, 0.717) is 5.75 Å². The Morgan fingerprint density at radius 1 is 1.32 bits per heavy atom. The number of halogens is 3. The summed E-state index contributed by atoms with van der Waals surface area (Å²) < 4.78 is 70.2. The van der Waals surface area contributed by atoms with E-state index < -0.39 is 39.8 Å². The topological polar surface area (TPSA) is 102 Å². The van der Waals surface area contributed by atoms with Gasteiger partial charge in [-0.25, -0.2) is 13.4 Å². The normalized spacial score (nSPS) is 14.2. The molecule has 8 nitrogen and oxygen atoms in total. The van der Waals surface area contributed by atoms with Crippen LogP contribution in [0.1, 0.15) is 18.7 Å². The molecule has 0 radical (unpaired) electrons. The maximum atomic E-state index is 13.5. The molecular formula is C19H24F3N3O5S. The molecule has 0 aliphatic rings. The van der Waals surface area contributed by atoms with Gasteiger partial charge in [0.25, 0.3) is 0 Å². The first kappa shape index (κ1) is 24.7. The quantitative estimate of drug-likeness (QED) is 0.570.